The summed E-state index contributed by atoms with van der Waals surface area (Å²) in [6, 6.07) is 1.89. The monoisotopic (exact) mass is 290 g/mol. The van der Waals surface area contributed by atoms with Crippen LogP contribution in [0.4, 0.5) is 5.95 Å². The highest BCUT2D eigenvalue weighted by molar-refractivity contribution is 9.11. The van der Waals surface area contributed by atoms with Crippen molar-refractivity contribution in [3.05, 3.63) is 21.2 Å². The van der Waals surface area contributed by atoms with Gasteiger partial charge >= 0.3 is 0 Å². The molecule has 12 heavy (non-hydrogen) atoms. The summed E-state index contributed by atoms with van der Waals surface area (Å²) in [6.07, 6.45) is 1.80. The molecule has 2 aromatic heterocycles. The number of anilines is 1. The molecule has 0 spiro atoms. The van der Waals surface area contributed by atoms with Crippen LogP contribution in [0, 0.1) is 0 Å². The normalized spacial score (nSPS) is 10.8. The van der Waals surface area contributed by atoms with Gasteiger partial charge in [-0.25, -0.2) is 4.52 Å². The van der Waals surface area contributed by atoms with Crippen molar-refractivity contribution in [1.29, 1.82) is 0 Å². The molecule has 0 bridgehead atoms. The van der Waals surface area contributed by atoms with E-state index in [1.54, 1.807) is 10.7 Å². The summed E-state index contributed by atoms with van der Waals surface area (Å²) < 4.78 is 3.40. The lowest BCUT2D eigenvalue weighted by atomic mass is 10.5. The molecule has 0 unspecified atom stereocenters. The van der Waals surface area contributed by atoms with E-state index >= 15 is 0 Å². The zero-order chi connectivity index (χ0) is 8.72. The van der Waals surface area contributed by atoms with Crippen LogP contribution in [0.25, 0.3) is 5.65 Å². The minimum atomic E-state index is 0.272. The first kappa shape index (κ1) is 8.00. The van der Waals surface area contributed by atoms with Crippen molar-refractivity contribution in [1.82, 2.24) is 14.6 Å². The van der Waals surface area contributed by atoms with Gasteiger partial charge in [-0.1, -0.05) is 0 Å². The van der Waals surface area contributed by atoms with Crippen molar-refractivity contribution in [2.24, 2.45) is 0 Å². The van der Waals surface area contributed by atoms with Crippen molar-refractivity contribution in [3.8, 4) is 0 Å². The molecule has 4 nitrogen and oxygen atoms in total. The van der Waals surface area contributed by atoms with E-state index in [1.807, 2.05) is 6.07 Å². The number of pyridine rings is 1. The molecule has 0 aliphatic carbocycles. The molecule has 0 atom stereocenters. The van der Waals surface area contributed by atoms with Crippen molar-refractivity contribution < 1.29 is 0 Å². The summed E-state index contributed by atoms with van der Waals surface area (Å²) in [5.74, 6) is 0.272. The van der Waals surface area contributed by atoms with Gasteiger partial charge in [0, 0.05) is 10.7 Å². The average Bonchev–Trinajstić information content (AvgIpc) is 2.29. The van der Waals surface area contributed by atoms with Crippen LogP contribution < -0.4 is 5.73 Å². The molecule has 0 aromatic carbocycles. The van der Waals surface area contributed by atoms with Crippen molar-refractivity contribution in [2.45, 2.75) is 0 Å². The van der Waals surface area contributed by atoms with Gasteiger partial charge in [0.2, 0.25) is 5.95 Å². The number of nitrogens with two attached hydrogens (primary N) is 1. The predicted octanol–water partition coefficient (Wildman–Crippen LogP) is 1.84. The summed E-state index contributed by atoms with van der Waals surface area (Å²) >= 11 is 6.69. The molecular weight excluding hydrogens is 288 g/mol. The second-order valence-corrected chi connectivity index (χ2v) is 4.01. The largest absolute Gasteiger partial charge is 0.366 e. The third-order valence-electron chi connectivity index (χ3n) is 1.37. The fourth-order valence-electron chi connectivity index (χ4n) is 0.932. The number of nitrogen functional groups attached to an aromatic ring is 1. The Morgan fingerprint density at radius 1 is 1.42 bits per heavy atom. The van der Waals surface area contributed by atoms with Gasteiger partial charge in [0.25, 0.3) is 0 Å². The molecule has 2 aromatic rings. The van der Waals surface area contributed by atoms with Gasteiger partial charge in [0.05, 0.1) is 4.47 Å². The zero-order valence-electron chi connectivity index (χ0n) is 5.83. The van der Waals surface area contributed by atoms with Crippen LogP contribution in [0.2, 0.25) is 0 Å². The molecule has 0 radical (unpaired) electrons. The first-order chi connectivity index (χ1) is 5.66. The number of hydrogen-bond acceptors (Lipinski definition) is 3. The van der Waals surface area contributed by atoms with Gasteiger partial charge in [0.1, 0.15) is 0 Å². The van der Waals surface area contributed by atoms with E-state index in [2.05, 4.69) is 41.9 Å². The molecule has 2 heterocycles. The standard InChI is InChI=1S/C6H4Br2N4/c7-3-1-4(8)5-10-6(9)11-12(5)2-3/h1-2H,(H2,9,11). The molecule has 0 saturated carbocycles. The first-order valence-electron chi connectivity index (χ1n) is 3.14. The highest BCUT2D eigenvalue weighted by atomic mass is 79.9. The summed E-state index contributed by atoms with van der Waals surface area (Å²) in [7, 11) is 0. The van der Waals surface area contributed by atoms with E-state index in [0.717, 1.165) is 14.6 Å². The van der Waals surface area contributed by atoms with Crippen molar-refractivity contribution in [3.63, 3.8) is 0 Å². The number of rotatable bonds is 0. The molecule has 2 N–H and O–H groups in total. The predicted molar refractivity (Wildman–Crippen MR) is 52.8 cm³/mol. The van der Waals surface area contributed by atoms with Crippen LogP contribution >= 0.6 is 31.9 Å². The van der Waals surface area contributed by atoms with Gasteiger partial charge in [0.15, 0.2) is 5.65 Å². The second kappa shape index (κ2) is 2.70. The lowest BCUT2D eigenvalue weighted by Crippen LogP contribution is -1.89. The van der Waals surface area contributed by atoms with Crippen LogP contribution in [-0.4, -0.2) is 14.6 Å². The molecule has 0 aliphatic rings. The Labute approximate surface area is 85.0 Å². The Balaban J connectivity index is 2.88. The smallest absolute Gasteiger partial charge is 0.240 e. The minimum absolute atomic E-state index is 0.272. The quantitative estimate of drug-likeness (QED) is 0.806. The summed E-state index contributed by atoms with van der Waals surface area (Å²) in [4.78, 5) is 4.02. The molecule has 0 fully saturated rings. The SMILES string of the molecule is Nc1nc2c(Br)cc(Br)cn2n1. The van der Waals surface area contributed by atoms with Crippen molar-refractivity contribution in [2.75, 3.05) is 5.73 Å². The van der Waals surface area contributed by atoms with Crippen LogP contribution in [-0.2, 0) is 0 Å². The van der Waals surface area contributed by atoms with E-state index in [1.165, 1.54) is 0 Å². The Hall–Kier alpha value is -0.620. The zero-order valence-corrected chi connectivity index (χ0v) is 9.00. The van der Waals surface area contributed by atoms with E-state index in [0.29, 0.717) is 0 Å². The van der Waals surface area contributed by atoms with Crippen LogP contribution in [0.3, 0.4) is 0 Å². The number of fused-ring (bicyclic) bond motifs is 1. The fraction of sp³-hybridized carbons (Fsp3) is 0. The van der Waals surface area contributed by atoms with E-state index < -0.39 is 0 Å². The van der Waals surface area contributed by atoms with Crippen LogP contribution in [0.5, 0.6) is 0 Å². The van der Waals surface area contributed by atoms with Gasteiger partial charge < -0.3 is 5.73 Å². The van der Waals surface area contributed by atoms with Crippen LogP contribution in [0.15, 0.2) is 21.2 Å². The van der Waals surface area contributed by atoms with Gasteiger partial charge in [-0.2, -0.15) is 4.98 Å². The number of nitrogens with zero attached hydrogens (tertiary/aromatic N) is 3. The molecule has 6 heteroatoms. The Morgan fingerprint density at radius 2 is 2.17 bits per heavy atom. The lowest BCUT2D eigenvalue weighted by molar-refractivity contribution is 0.960. The molecule has 0 saturated heterocycles. The number of aromatic nitrogens is 3. The maximum absolute atomic E-state index is 5.43. The molecule has 2 rings (SSSR count). The molecular formula is C6H4Br2N4. The molecule has 0 aliphatic heterocycles. The summed E-state index contributed by atoms with van der Waals surface area (Å²) in [5.41, 5.74) is 6.15. The maximum Gasteiger partial charge on any atom is 0.240 e. The minimum Gasteiger partial charge on any atom is -0.366 e. The van der Waals surface area contributed by atoms with Crippen molar-refractivity contribution >= 4 is 43.5 Å². The summed E-state index contributed by atoms with van der Waals surface area (Å²) in [5, 5.41) is 3.96. The van der Waals surface area contributed by atoms with E-state index in [4.69, 9.17) is 5.73 Å². The Bertz CT molecular complexity index is 436. The maximum atomic E-state index is 5.43. The third kappa shape index (κ3) is 1.21. The second-order valence-electron chi connectivity index (χ2n) is 2.24. The Morgan fingerprint density at radius 3 is 2.92 bits per heavy atom. The van der Waals surface area contributed by atoms with E-state index in [9.17, 15) is 0 Å². The Kier molecular flexibility index (Phi) is 1.80. The highest BCUT2D eigenvalue weighted by Crippen LogP contribution is 2.21. The summed E-state index contributed by atoms with van der Waals surface area (Å²) in [6.45, 7) is 0. The fourth-order valence-corrected chi connectivity index (χ4v) is 2.18. The number of hydrogen-bond donors (Lipinski definition) is 1. The molecule has 0 amide bonds. The highest BCUT2D eigenvalue weighted by Gasteiger charge is 2.04. The van der Waals surface area contributed by atoms with Gasteiger partial charge in [-0.3, -0.25) is 0 Å². The first-order valence-corrected chi connectivity index (χ1v) is 4.72. The molecule has 62 valence electrons. The lowest BCUT2D eigenvalue weighted by Gasteiger charge is -1.94. The number of halogens is 2. The third-order valence-corrected chi connectivity index (χ3v) is 2.39. The van der Waals surface area contributed by atoms with Gasteiger partial charge in [-0.05, 0) is 37.9 Å². The average molecular weight is 292 g/mol. The van der Waals surface area contributed by atoms with Crippen LogP contribution in [0.1, 0.15) is 0 Å². The van der Waals surface area contributed by atoms with E-state index in [-0.39, 0.29) is 5.95 Å². The topological polar surface area (TPSA) is 56.2 Å². The van der Waals surface area contributed by atoms with Gasteiger partial charge in [-0.15, -0.1) is 5.10 Å².